The van der Waals surface area contributed by atoms with Gasteiger partial charge < -0.3 is 10.1 Å². The van der Waals surface area contributed by atoms with Crippen LogP contribution in [0.5, 0.6) is 0 Å². The normalized spacial score (nSPS) is 14.9. The van der Waals surface area contributed by atoms with E-state index in [4.69, 9.17) is 4.74 Å². The highest BCUT2D eigenvalue weighted by molar-refractivity contribution is 7.16. The van der Waals surface area contributed by atoms with Crippen LogP contribution < -0.4 is 5.32 Å². The number of carbonyl (C=O) groups excluding carboxylic acids is 2. The summed E-state index contributed by atoms with van der Waals surface area (Å²) in [6.07, 6.45) is 6.43. The number of carbonyl (C=O) groups is 2. The lowest BCUT2D eigenvalue weighted by atomic mass is 9.94. The number of esters is 1. The van der Waals surface area contributed by atoms with Crippen LogP contribution in [0.2, 0.25) is 0 Å². The van der Waals surface area contributed by atoms with Gasteiger partial charge in [0.2, 0.25) is 0 Å². The van der Waals surface area contributed by atoms with E-state index in [1.807, 2.05) is 18.2 Å². The molecule has 3 rings (SSSR count). The number of amides is 1. The van der Waals surface area contributed by atoms with E-state index < -0.39 is 5.97 Å². The lowest BCUT2D eigenvalue weighted by Crippen LogP contribution is -2.33. The molecule has 1 aromatic carbocycles. The molecule has 0 spiro atoms. The molecule has 0 atom stereocenters. The molecule has 2 aromatic rings. The number of hydrogen-bond donors (Lipinski definition) is 1. The summed E-state index contributed by atoms with van der Waals surface area (Å²) in [5.74, 6) is -0.628. The molecular weight excluding hydrogens is 360 g/mol. The number of thiophene rings is 1. The predicted octanol–water partition coefficient (Wildman–Crippen LogP) is 4.55. The third-order valence-electron chi connectivity index (χ3n) is 5.10. The molecule has 0 aliphatic heterocycles. The highest BCUT2D eigenvalue weighted by Crippen LogP contribution is 2.26. The van der Waals surface area contributed by atoms with Gasteiger partial charge in [-0.3, -0.25) is 9.69 Å². The van der Waals surface area contributed by atoms with Gasteiger partial charge in [-0.2, -0.15) is 0 Å². The maximum atomic E-state index is 12.6. The van der Waals surface area contributed by atoms with Gasteiger partial charge in [0.1, 0.15) is 4.88 Å². The molecule has 0 radical (unpaired) electrons. The molecule has 1 fully saturated rings. The molecule has 5 nitrogen and oxygen atoms in total. The van der Waals surface area contributed by atoms with Crippen LogP contribution in [0.15, 0.2) is 36.4 Å². The molecule has 0 bridgehead atoms. The molecule has 27 heavy (non-hydrogen) atoms. The first-order valence-corrected chi connectivity index (χ1v) is 10.2. The first-order valence-electron chi connectivity index (χ1n) is 9.36. The van der Waals surface area contributed by atoms with Crippen LogP contribution in [-0.2, 0) is 11.3 Å². The number of anilines is 1. The summed E-state index contributed by atoms with van der Waals surface area (Å²) in [5, 5.41) is 3.00. The Balaban J connectivity index is 1.69. The molecule has 0 saturated heterocycles. The Morgan fingerprint density at radius 3 is 2.56 bits per heavy atom. The highest BCUT2D eigenvalue weighted by Gasteiger charge is 2.20. The maximum absolute atomic E-state index is 12.6. The molecule has 1 aromatic heterocycles. The quantitative estimate of drug-likeness (QED) is 0.740. The van der Waals surface area contributed by atoms with E-state index in [9.17, 15) is 9.59 Å². The topological polar surface area (TPSA) is 58.6 Å². The van der Waals surface area contributed by atoms with Crippen molar-refractivity contribution in [2.24, 2.45) is 0 Å². The number of para-hydroxylation sites is 1. The highest BCUT2D eigenvalue weighted by atomic mass is 32.1. The third-order valence-corrected chi connectivity index (χ3v) is 6.16. The zero-order chi connectivity index (χ0) is 19.2. The molecule has 1 amide bonds. The van der Waals surface area contributed by atoms with E-state index in [0.717, 1.165) is 29.1 Å². The zero-order valence-electron chi connectivity index (χ0n) is 15.9. The van der Waals surface area contributed by atoms with Crippen LogP contribution >= 0.6 is 11.3 Å². The van der Waals surface area contributed by atoms with Gasteiger partial charge in [-0.1, -0.05) is 37.5 Å². The number of nitrogens with zero attached hydrogens (tertiary/aromatic N) is 1. The molecule has 1 heterocycles. The minimum atomic E-state index is -0.423. The second-order valence-corrected chi connectivity index (χ2v) is 8.06. The van der Waals surface area contributed by atoms with Crippen molar-refractivity contribution in [2.75, 3.05) is 19.5 Å². The Morgan fingerprint density at radius 1 is 1.11 bits per heavy atom. The SMILES string of the molecule is COC(=O)c1ccc(C(=O)Nc2ccccc2CN(C)C2CCCCC2)s1. The average Bonchev–Trinajstić information content (AvgIpc) is 3.20. The number of ether oxygens (including phenoxy) is 1. The number of methoxy groups -OCH3 is 1. The van der Waals surface area contributed by atoms with Crippen LogP contribution in [-0.4, -0.2) is 37.0 Å². The average molecular weight is 387 g/mol. The van der Waals surface area contributed by atoms with Crippen LogP contribution in [0.25, 0.3) is 0 Å². The number of rotatable bonds is 6. The number of hydrogen-bond acceptors (Lipinski definition) is 5. The Kier molecular flexibility index (Phi) is 6.63. The minimum Gasteiger partial charge on any atom is -0.465 e. The van der Waals surface area contributed by atoms with Crippen molar-refractivity contribution in [2.45, 2.75) is 44.7 Å². The lowest BCUT2D eigenvalue weighted by molar-refractivity contribution is 0.0606. The summed E-state index contributed by atoms with van der Waals surface area (Å²) in [4.78, 5) is 27.5. The van der Waals surface area contributed by atoms with Gasteiger partial charge in [0.25, 0.3) is 5.91 Å². The van der Waals surface area contributed by atoms with Gasteiger partial charge in [-0.05, 0) is 43.7 Å². The smallest absolute Gasteiger partial charge is 0.348 e. The summed E-state index contributed by atoms with van der Waals surface area (Å²) in [6, 6.07) is 11.8. The molecule has 144 valence electrons. The third kappa shape index (κ3) is 4.96. The van der Waals surface area contributed by atoms with Gasteiger partial charge in [0.15, 0.2) is 0 Å². The van der Waals surface area contributed by atoms with E-state index in [1.54, 1.807) is 12.1 Å². The van der Waals surface area contributed by atoms with Crippen LogP contribution in [0, 0.1) is 0 Å². The number of nitrogens with one attached hydrogen (secondary N) is 1. The fourth-order valence-electron chi connectivity index (χ4n) is 3.55. The van der Waals surface area contributed by atoms with Crippen molar-refractivity contribution >= 4 is 28.9 Å². The Morgan fingerprint density at radius 2 is 1.81 bits per heavy atom. The number of benzene rings is 1. The van der Waals surface area contributed by atoms with Gasteiger partial charge in [-0.25, -0.2) is 4.79 Å². The molecule has 1 aliphatic carbocycles. The van der Waals surface area contributed by atoms with E-state index in [1.165, 1.54) is 39.2 Å². The second-order valence-electron chi connectivity index (χ2n) is 6.97. The van der Waals surface area contributed by atoms with Crippen LogP contribution in [0.1, 0.15) is 57.0 Å². The van der Waals surface area contributed by atoms with Gasteiger partial charge in [0, 0.05) is 18.3 Å². The second kappa shape index (κ2) is 9.15. The molecular formula is C21H26N2O3S. The molecule has 1 aliphatic rings. The Hall–Kier alpha value is -2.18. The molecule has 6 heteroatoms. The van der Waals surface area contributed by atoms with E-state index >= 15 is 0 Å². The van der Waals surface area contributed by atoms with Gasteiger partial charge in [0.05, 0.1) is 12.0 Å². The largest absolute Gasteiger partial charge is 0.465 e. The summed E-state index contributed by atoms with van der Waals surface area (Å²) in [5.41, 5.74) is 1.92. The van der Waals surface area contributed by atoms with Crippen LogP contribution in [0.3, 0.4) is 0 Å². The maximum Gasteiger partial charge on any atom is 0.348 e. The van der Waals surface area contributed by atoms with Crippen molar-refractivity contribution in [3.63, 3.8) is 0 Å². The monoisotopic (exact) mass is 386 g/mol. The van der Waals surface area contributed by atoms with Crippen molar-refractivity contribution < 1.29 is 14.3 Å². The Labute approximate surface area is 164 Å². The summed E-state index contributed by atoms with van der Waals surface area (Å²) >= 11 is 1.14. The van der Waals surface area contributed by atoms with E-state index in [-0.39, 0.29) is 5.91 Å². The van der Waals surface area contributed by atoms with Crippen molar-refractivity contribution in [3.8, 4) is 0 Å². The predicted molar refractivity (Wildman–Crippen MR) is 108 cm³/mol. The van der Waals surface area contributed by atoms with E-state index in [0.29, 0.717) is 15.8 Å². The first kappa shape index (κ1) is 19.6. The van der Waals surface area contributed by atoms with Crippen molar-refractivity contribution in [1.82, 2.24) is 4.90 Å². The van der Waals surface area contributed by atoms with Gasteiger partial charge >= 0.3 is 5.97 Å². The fourth-order valence-corrected chi connectivity index (χ4v) is 4.37. The summed E-state index contributed by atoms with van der Waals surface area (Å²) in [6.45, 7) is 0.805. The molecule has 1 N–H and O–H groups in total. The summed E-state index contributed by atoms with van der Waals surface area (Å²) < 4.78 is 4.70. The van der Waals surface area contributed by atoms with Gasteiger partial charge in [-0.15, -0.1) is 11.3 Å². The standard InChI is InChI=1S/C21H26N2O3S/c1-23(16-9-4-3-5-10-16)14-15-8-6-7-11-17(15)22-20(24)18-12-13-19(27-18)21(25)26-2/h6-8,11-13,16H,3-5,9-10,14H2,1-2H3,(H,22,24). The lowest BCUT2D eigenvalue weighted by Gasteiger charge is -2.31. The summed E-state index contributed by atoms with van der Waals surface area (Å²) in [7, 11) is 3.50. The fraction of sp³-hybridized carbons (Fsp3) is 0.429. The molecule has 1 saturated carbocycles. The first-order chi connectivity index (χ1) is 13.1. The van der Waals surface area contributed by atoms with Crippen molar-refractivity contribution in [3.05, 3.63) is 51.7 Å². The van der Waals surface area contributed by atoms with Crippen LogP contribution in [0.4, 0.5) is 5.69 Å². The Bertz CT molecular complexity index is 796. The van der Waals surface area contributed by atoms with Crippen molar-refractivity contribution in [1.29, 1.82) is 0 Å². The molecule has 0 unspecified atom stereocenters. The zero-order valence-corrected chi connectivity index (χ0v) is 16.7. The minimum absolute atomic E-state index is 0.206. The van der Waals surface area contributed by atoms with E-state index in [2.05, 4.69) is 23.3 Å².